The van der Waals surface area contributed by atoms with Crippen molar-refractivity contribution in [2.75, 3.05) is 14.2 Å². The monoisotopic (exact) mass is 222 g/mol. The van der Waals surface area contributed by atoms with Crippen molar-refractivity contribution in [3.05, 3.63) is 0 Å². The molecule has 1 N–H and O–H groups in total. The number of rotatable bonds is 5. The van der Waals surface area contributed by atoms with Crippen LogP contribution in [0.15, 0.2) is 0 Å². The summed E-state index contributed by atoms with van der Waals surface area (Å²) in [6, 6.07) is 0. The first-order valence-electron chi connectivity index (χ1n) is 3.54. The van der Waals surface area contributed by atoms with Crippen molar-refractivity contribution < 1.29 is 28.0 Å². The maximum absolute atomic E-state index is 11.3. The minimum atomic E-state index is -3.80. The molecule has 0 aliphatic rings. The number of hydrogen-bond acceptors (Lipinski definition) is 5. The highest BCUT2D eigenvalue weighted by Crippen LogP contribution is 2.48. The smallest absolute Gasteiger partial charge is 0.476 e. The Balaban J connectivity index is 4.64. The van der Waals surface area contributed by atoms with Crippen molar-refractivity contribution in [1.82, 2.24) is 0 Å². The van der Waals surface area contributed by atoms with Crippen molar-refractivity contribution in [1.29, 1.82) is 0 Å². The molecule has 0 rings (SSSR count). The van der Waals surface area contributed by atoms with E-state index in [-0.39, 0.29) is 0 Å². The topological polar surface area (TPSA) is 82.1 Å². The van der Waals surface area contributed by atoms with Gasteiger partial charge in [-0.1, -0.05) is 5.92 Å². The van der Waals surface area contributed by atoms with E-state index < -0.39 is 19.9 Å². The van der Waals surface area contributed by atoms with E-state index in [0.717, 1.165) is 14.2 Å². The first kappa shape index (κ1) is 13.1. The van der Waals surface area contributed by atoms with Gasteiger partial charge in [0.25, 0.3) is 0 Å². The van der Waals surface area contributed by atoms with Gasteiger partial charge in [0.1, 0.15) is 0 Å². The lowest BCUT2D eigenvalue weighted by Crippen LogP contribution is -2.21. The third-order valence-electron chi connectivity index (χ3n) is 1.18. The van der Waals surface area contributed by atoms with E-state index in [2.05, 4.69) is 25.4 Å². The van der Waals surface area contributed by atoms with Crippen molar-refractivity contribution >= 4 is 13.8 Å². The van der Waals surface area contributed by atoms with Gasteiger partial charge in [-0.05, 0) is 6.92 Å². The molecule has 0 bridgehead atoms. The van der Waals surface area contributed by atoms with Gasteiger partial charge in [-0.2, -0.15) is 0 Å². The molecule has 80 valence electrons. The molecule has 0 heterocycles. The molecule has 0 radical (unpaired) electrons. The van der Waals surface area contributed by atoms with Crippen LogP contribution in [0.3, 0.4) is 0 Å². The van der Waals surface area contributed by atoms with Gasteiger partial charge in [-0.3, -0.25) is 13.6 Å². The maximum atomic E-state index is 11.3. The van der Waals surface area contributed by atoms with Crippen LogP contribution in [0.5, 0.6) is 0 Å². The lowest BCUT2D eigenvalue weighted by atomic mass is 10.4. The predicted octanol–water partition coefficient (Wildman–Crippen LogP) is 0.880. The number of carbonyl (C=O) groups is 1. The van der Waals surface area contributed by atoms with Gasteiger partial charge in [0.15, 0.2) is 0 Å². The Hall–Kier alpha value is -0.860. The SMILES string of the molecule is CC#CC(OP(=O)(OC)OC)C(=O)O. The van der Waals surface area contributed by atoms with Crippen molar-refractivity contribution in [3.8, 4) is 11.8 Å². The predicted molar refractivity (Wildman–Crippen MR) is 47.6 cm³/mol. The first-order chi connectivity index (χ1) is 6.49. The van der Waals surface area contributed by atoms with E-state index >= 15 is 0 Å². The first-order valence-corrected chi connectivity index (χ1v) is 5.00. The fourth-order valence-electron chi connectivity index (χ4n) is 0.554. The van der Waals surface area contributed by atoms with Crippen LogP contribution in [0.4, 0.5) is 0 Å². The minimum Gasteiger partial charge on any atom is -0.479 e. The lowest BCUT2D eigenvalue weighted by Gasteiger charge is -2.14. The van der Waals surface area contributed by atoms with Crippen LogP contribution in [0, 0.1) is 11.8 Å². The standard InChI is InChI=1S/C7H11O6P/c1-4-5-6(7(8)9)13-14(10,11-2)12-3/h6H,1-3H3,(H,8,9). The molecule has 0 saturated heterocycles. The number of hydrogen-bond donors (Lipinski definition) is 1. The molecular weight excluding hydrogens is 211 g/mol. The molecule has 0 amide bonds. The van der Waals surface area contributed by atoms with E-state index in [4.69, 9.17) is 5.11 Å². The van der Waals surface area contributed by atoms with Crippen molar-refractivity contribution in [2.24, 2.45) is 0 Å². The maximum Gasteiger partial charge on any atom is 0.476 e. The average molecular weight is 222 g/mol. The second-order valence-electron chi connectivity index (χ2n) is 2.03. The summed E-state index contributed by atoms with van der Waals surface area (Å²) in [7, 11) is -1.63. The van der Waals surface area contributed by atoms with E-state index in [0.29, 0.717) is 0 Å². The molecule has 1 unspecified atom stereocenters. The molecule has 14 heavy (non-hydrogen) atoms. The van der Waals surface area contributed by atoms with Gasteiger partial charge in [0.05, 0.1) is 0 Å². The van der Waals surface area contributed by atoms with Crippen LogP contribution in [0.25, 0.3) is 0 Å². The van der Waals surface area contributed by atoms with Crippen LogP contribution < -0.4 is 0 Å². The van der Waals surface area contributed by atoms with Gasteiger partial charge < -0.3 is 5.11 Å². The molecular formula is C7H11O6P. The number of phosphoric ester groups is 1. The second-order valence-corrected chi connectivity index (χ2v) is 3.87. The zero-order valence-electron chi connectivity index (χ0n) is 8.01. The highest BCUT2D eigenvalue weighted by atomic mass is 31.2. The Kier molecular flexibility index (Phi) is 5.43. The van der Waals surface area contributed by atoms with E-state index in [1.54, 1.807) is 0 Å². The average Bonchev–Trinajstić information content (AvgIpc) is 2.17. The number of aliphatic carboxylic acids is 1. The van der Waals surface area contributed by atoms with Crippen LogP contribution in [-0.2, 0) is 22.9 Å². The zero-order chi connectivity index (χ0) is 11.2. The van der Waals surface area contributed by atoms with Crippen LogP contribution >= 0.6 is 7.82 Å². The highest BCUT2D eigenvalue weighted by Gasteiger charge is 2.30. The summed E-state index contributed by atoms with van der Waals surface area (Å²) in [4.78, 5) is 10.5. The Labute approximate surface area is 81.8 Å². The molecule has 0 aromatic carbocycles. The molecule has 7 heteroatoms. The zero-order valence-corrected chi connectivity index (χ0v) is 8.91. The summed E-state index contributed by atoms with van der Waals surface area (Å²) >= 11 is 0. The van der Waals surface area contributed by atoms with Gasteiger partial charge >= 0.3 is 13.8 Å². The van der Waals surface area contributed by atoms with E-state index in [1.807, 2.05) is 0 Å². The number of carboxylic acids is 1. The molecule has 6 nitrogen and oxygen atoms in total. The summed E-state index contributed by atoms with van der Waals surface area (Å²) in [5.74, 6) is 3.18. The molecule has 1 atom stereocenters. The van der Waals surface area contributed by atoms with Crippen molar-refractivity contribution in [3.63, 3.8) is 0 Å². The molecule has 0 aliphatic carbocycles. The van der Waals surface area contributed by atoms with Gasteiger partial charge in [-0.25, -0.2) is 9.36 Å². The van der Waals surface area contributed by atoms with Crippen LogP contribution in [0.2, 0.25) is 0 Å². The summed E-state index contributed by atoms with van der Waals surface area (Å²) in [6.45, 7) is 1.43. The van der Waals surface area contributed by atoms with Crippen molar-refractivity contribution in [2.45, 2.75) is 13.0 Å². The third kappa shape index (κ3) is 3.90. The summed E-state index contributed by atoms with van der Waals surface area (Å²) in [5, 5.41) is 8.60. The van der Waals surface area contributed by atoms with Crippen LogP contribution in [0.1, 0.15) is 6.92 Å². The Morgan fingerprint density at radius 3 is 2.21 bits per heavy atom. The Morgan fingerprint density at radius 2 is 1.93 bits per heavy atom. The minimum absolute atomic E-state index is 1.09. The third-order valence-corrected chi connectivity index (χ3v) is 2.54. The Morgan fingerprint density at radius 1 is 1.43 bits per heavy atom. The van der Waals surface area contributed by atoms with Gasteiger partial charge in [0, 0.05) is 14.2 Å². The summed E-state index contributed by atoms with van der Waals surface area (Å²) < 4.78 is 24.7. The Bertz CT molecular complexity index is 293. The molecule has 0 aromatic heterocycles. The normalized spacial score (nSPS) is 12.8. The van der Waals surface area contributed by atoms with Gasteiger partial charge in [0.2, 0.25) is 6.10 Å². The molecule has 0 saturated carbocycles. The fourth-order valence-corrected chi connectivity index (χ4v) is 1.28. The summed E-state index contributed by atoms with van der Waals surface area (Å²) in [5.41, 5.74) is 0. The lowest BCUT2D eigenvalue weighted by molar-refractivity contribution is -0.143. The second kappa shape index (κ2) is 5.78. The van der Waals surface area contributed by atoms with E-state index in [9.17, 15) is 9.36 Å². The van der Waals surface area contributed by atoms with Crippen LogP contribution in [-0.4, -0.2) is 31.4 Å². The summed E-state index contributed by atoms with van der Waals surface area (Å²) in [6.07, 6.45) is -1.52. The molecule has 0 fully saturated rings. The number of phosphoric acid groups is 1. The fraction of sp³-hybridized carbons (Fsp3) is 0.571. The highest BCUT2D eigenvalue weighted by molar-refractivity contribution is 7.48. The van der Waals surface area contributed by atoms with Gasteiger partial charge in [-0.15, -0.1) is 5.92 Å². The quantitative estimate of drug-likeness (QED) is 0.549. The molecule has 0 spiro atoms. The molecule has 0 aliphatic heterocycles. The van der Waals surface area contributed by atoms with E-state index in [1.165, 1.54) is 6.92 Å². The number of carboxylic acid groups (broad SMARTS) is 1. The molecule has 0 aromatic rings. The largest absolute Gasteiger partial charge is 0.479 e.